The van der Waals surface area contributed by atoms with E-state index >= 15 is 0 Å². The van der Waals surface area contributed by atoms with E-state index in [0.29, 0.717) is 11.1 Å². The molecule has 1 aromatic rings. The smallest absolute Gasteiger partial charge is 0.389 e. The molecule has 0 amide bonds. The number of carbonyl (C=O) groups excluding carboxylic acids is 1. The number of aliphatic imine (C=N–C) groups is 1. The summed E-state index contributed by atoms with van der Waals surface area (Å²) < 4.78 is 41.1. The van der Waals surface area contributed by atoms with Gasteiger partial charge in [-0.15, -0.1) is 0 Å². The molecule has 0 saturated heterocycles. The van der Waals surface area contributed by atoms with E-state index in [1.54, 1.807) is 25.4 Å². The van der Waals surface area contributed by atoms with Gasteiger partial charge in [-0.3, -0.25) is 0 Å². The molecule has 0 spiro atoms. The normalized spacial score (nSPS) is 11.8. The summed E-state index contributed by atoms with van der Waals surface area (Å²) in [4.78, 5) is 18.3. The van der Waals surface area contributed by atoms with Crippen LogP contribution in [0.3, 0.4) is 0 Å². The SMILES string of the molecule is CCN(C)C=Nc1ccc(C(=O)OCCCC(F)(F)F)c(C)c1C. The number of halogens is 3. The fourth-order valence-corrected chi connectivity index (χ4v) is 1.93. The van der Waals surface area contributed by atoms with Crippen molar-refractivity contribution in [2.24, 2.45) is 4.99 Å². The minimum Gasteiger partial charge on any atom is -0.462 e. The summed E-state index contributed by atoms with van der Waals surface area (Å²) in [7, 11) is 1.90. The standard InChI is InChI=1S/C17H23F3N2O2/c1-5-22(4)11-21-15-8-7-14(12(2)13(15)3)16(23)24-10-6-9-17(18,19)20/h7-8,11H,5-6,9-10H2,1-4H3. The van der Waals surface area contributed by atoms with E-state index in [1.807, 2.05) is 25.8 Å². The minimum atomic E-state index is -4.23. The van der Waals surface area contributed by atoms with Crippen LogP contribution < -0.4 is 0 Å². The van der Waals surface area contributed by atoms with Crippen LogP contribution in [0.4, 0.5) is 18.9 Å². The van der Waals surface area contributed by atoms with Gasteiger partial charge in [0.25, 0.3) is 0 Å². The maximum atomic E-state index is 12.1. The van der Waals surface area contributed by atoms with Crippen LogP contribution in [0, 0.1) is 13.8 Å². The third kappa shape index (κ3) is 6.22. The molecular formula is C17H23F3N2O2. The number of hydrogen-bond acceptors (Lipinski definition) is 3. The summed E-state index contributed by atoms with van der Waals surface area (Å²) in [5, 5.41) is 0. The third-order valence-electron chi connectivity index (χ3n) is 3.71. The van der Waals surface area contributed by atoms with Crippen LogP contribution in [-0.2, 0) is 4.74 Å². The average molecular weight is 344 g/mol. The fraction of sp³-hybridized carbons (Fsp3) is 0.529. The van der Waals surface area contributed by atoms with Gasteiger partial charge in [-0.05, 0) is 50.5 Å². The zero-order valence-corrected chi connectivity index (χ0v) is 14.4. The number of nitrogens with zero attached hydrogens (tertiary/aromatic N) is 2. The number of ether oxygens (including phenoxy) is 1. The Kier molecular flexibility index (Phi) is 7.25. The number of rotatable bonds is 7. The van der Waals surface area contributed by atoms with E-state index in [4.69, 9.17) is 4.74 Å². The molecule has 1 aromatic carbocycles. The first-order valence-corrected chi connectivity index (χ1v) is 7.74. The molecule has 7 heteroatoms. The number of hydrogen-bond donors (Lipinski definition) is 0. The molecule has 0 aliphatic heterocycles. The van der Waals surface area contributed by atoms with Crippen molar-refractivity contribution in [3.05, 3.63) is 28.8 Å². The van der Waals surface area contributed by atoms with Gasteiger partial charge in [-0.2, -0.15) is 13.2 Å². The second-order valence-corrected chi connectivity index (χ2v) is 5.55. The topological polar surface area (TPSA) is 41.9 Å². The van der Waals surface area contributed by atoms with Gasteiger partial charge in [0.1, 0.15) is 0 Å². The fourth-order valence-electron chi connectivity index (χ4n) is 1.93. The number of benzene rings is 1. The van der Waals surface area contributed by atoms with E-state index in [0.717, 1.165) is 17.8 Å². The second kappa shape index (κ2) is 8.70. The number of carbonyl (C=O) groups is 1. The van der Waals surface area contributed by atoms with E-state index in [2.05, 4.69) is 4.99 Å². The van der Waals surface area contributed by atoms with Crippen LogP contribution in [0.1, 0.15) is 41.3 Å². The molecule has 0 aliphatic rings. The monoisotopic (exact) mass is 344 g/mol. The summed E-state index contributed by atoms with van der Waals surface area (Å²) in [5.74, 6) is -0.612. The molecule has 0 bridgehead atoms. The predicted octanol–water partition coefficient (Wildman–Crippen LogP) is 4.41. The second-order valence-electron chi connectivity index (χ2n) is 5.55. The summed E-state index contributed by atoms with van der Waals surface area (Å²) in [5.41, 5.74) is 2.63. The highest BCUT2D eigenvalue weighted by atomic mass is 19.4. The molecule has 0 unspecified atom stereocenters. The van der Waals surface area contributed by atoms with Crippen molar-refractivity contribution < 1.29 is 22.7 Å². The van der Waals surface area contributed by atoms with Crippen molar-refractivity contribution >= 4 is 18.0 Å². The first-order valence-electron chi connectivity index (χ1n) is 7.74. The lowest BCUT2D eigenvalue weighted by atomic mass is 10.0. The van der Waals surface area contributed by atoms with Gasteiger partial charge in [-0.25, -0.2) is 9.79 Å². The summed E-state index contributed by atoms with van der Waals surface area (Å²) in [6.45, 7) is 6.18. The summed E-state index contributed by atoms with van der Waals surface area (Å²) in [6.07, 6.45) is -3.73. The Bertz CT molecular complexity index is 598. The Morgan fingerprint density at radius 3 is 2.54 bits per heavy atom. The van der Waals surface area contributed by atoms with Crippen molar-refractivity contribution in [3.8, 4) is 0 Å². The van der Waals surface area contributed by atoms with Crippen molar-refractivity contribution in [2.75, 3.05) is 20.2 Å². The lowest BCUT2D eigenvalue weighted by Crippen LogP contribution is -2.14. The lowest BCUT2D eigenvalue weighted by molar-refractivity contribution is -0.137. The molecule has 24 heavy (non-hydrogen) atoms. The van der Waals surface area contributed by atoms with Gasteiger partial charge < -0.3 is 9.64 Å². The zero-order chi connectivity index (χ0) is 18.3. The Balaban J connectivity index is 2.74. The minimum absolute atomic E-state index is 0.237. The molecule has 0 N–H and O–H groups in total. The molecule has 0 aromatic heterocycles. The predicted molar refractivity (Wildman–Crippen MR) is 87.9 cm³/mol. The first-order chi connectivity index (χ1) is 11.2. The summed E-state index contributed by atoms with van der Waals surface area (Å²) in [6, 6.07) is 3.29. The van der Waals surface area contributed by atoms with Crippen LogP contribution in [0.15, 0.2) is 17.1 Å². The van der Waals surface area contributed by atoms with Crippen molar-refractivity contribution in [2.45, 2.75) is 39.8 Å². The van der Waals surface area contributed by atoms with Crippen molar-refractivity contribution in [1.29, 1.82) is 0 Å². The van der Waals surface area contributed by atoms with E-state index < -0.39 is 18.6 Å². The van der Waals surface area contributed by atoms with Crippen LogP contribution in [0.25, 0.3) is 0 Å². The van der Waals surface area contributed by atoms with Crippen molar-refractivity contribution in [3.63, 3.8) is 0 Å². The first kappa shape index (κ1) is 20.0. The van der Waals surface area contributed by atoms with E-state index in [1.165, 1.54) is 0 Å². The van der Waals surface area contributed by atoms with Gasteiger partial charge in [0.15, 0.2) is 0 Å². The van der Waals surface area contributed by atoms with Gasteiger partial charge in [0, 0.05) is 20.0 Å². The Labute approximate surface area is 140 Å². The quantitative estimate of drug-likeness (QED) is 0.318. The molecule has 134 valence electrons. The van der Waals surface area contributed by atoms with Gasteiger partial charge in [0.2, 0.25) is 0 Å². The molecule has 0 fully saturated rings. The van der Waals surface area contributed by atoms with Crippen LogP contribution in [-0.4, -0.2) is 43.6 Å². The highest BCUT2D eigenvalue weighted by Crippen LogP contribution is 2.25. The molecule has 0 atom stereocenters. The third-order valence-corrected chi connectivity index (χ3v) is 3.71. The summed E-state index contributed by atoms with van der Waals surface area (Å²) >= 11 is 0. The highest BCUT2D eigenvalue weighted by Gasteiger charge is 2.26. The molecule has 4 nitrogen and oxygen atoms in total. The number of esters is 1. The molecular weight excluding hydrogens is 321 g/mol. The Hall–Kier alpha value is -2.05. The zero-order valence-electron chi connectivity index (χ0n) is 14.4. The van der Waals surface area contributed by atoms with Crippen LogP contribution >= 0.6 is 0 Å². The van der Waals surface area contributed by atoms with E-state index in [-0.39, 0.29) is 13.0 Å². The molecule has 0 aliphatic carbocycles. The van der Waals surface area contributed by atoms with Crippen LogP contribution in [0.5, 0.6) is 0 Å². The average Bonchev–Trinajstić information content (AvgIpc) is 2.51. The van der Waals surface area contributed by atoms with E-state index in [9.17, 15) is 18.0 Å². The van der Waals surface area contributed by atoms with Crippen LogP contribution in [0.2, 0.25) is 0 Å². The molecule has 0 saturated carbocycles. The maximum Gasteiger partial charge on any atom is 0.389 e. The van der Waals surface area contributed by atoms with Gasteiger partial charge in [0.05, 0.1) is 24.2 Å². The molecule has 0 heterocycles. The van der Waals surface area contributed by atoms with Crippen molar-refractivity contribution in [1.82, 2.24) is 4.90 Å². The lowest BCUT2D eigenvalue weighted by Gasteiger charge is -2.13. The Morgan fingerprint density at radius 2 is 1.96 bits per heavy atom. The highest BCUT2D eigenvalue weighted by molar-refractivity contribution is 5.92. The Morgan fingerprint density at radius 1 is 1.29 bits per heavy atom. The van der Waals surface area contributed by atoms with Gasteiger partial charge in [-0.1, -0.05) is 0 Å². The molecule has 1 rings (SSSR count). The molecule has 0 radical (unpaired) electrons. The largest absolute Gasteiger partial charge is 0.462 e. The van der Waals surface area contributed by atoms with Gasteiger partial charge >= 0.3 is 12.1 Å². The number of alkyl halides is 3. The maximum absolute atomic E-state index is 12.1.